The van der Waals surface area contributed by atoms with Crippen molar-refractivity contribution in [2.24, 2.45) is 0 Å². The summed E-state index contributed by atoms with van der Waals surface area (Å²) < 4.78 is 0. The number of hydrogen-bond donors (Lipinski definition) is 1. The average Bonchev–Trinajstić information content (AvgIpc) is 3.00. The third kappa shape index (κ3) is 2.84. The normalized spacial score (nSPS) is 10.7. The number of fused-ring (bicyclic) bond motifs is 1. The number of rotatable bonds is 5. The molecule has 1 N–H and O–H groups in total. The molecule has 0 radical (unpaired) electrons. The van der Waals surface area contributed by atoms with Crippen LogP contribution in [0.1, 0.15) is 33.6 Å². The van der Waals surface area contributed by atoms with Gasteiger partial charge in [0.05, 0.1) is 24.1 Å². The van der Waals surface area contributed by atoms with Gasteiger partial charge in [-0.3, -0.25) is 14.7 Å². The van der Waals surface area contributed by atoms with Crippen LogP contribution in [0, 0.1) is 0 Å². The summed E-state index contributed by atoms with van der Waals surface area (Å²) in [6.45, 7) is 0. The molecule has 2 heterocycles. The van der Waals surface area contributed by atoms with E-state index in [4.69, 9.17) is 0 Å². The molecule has 6 nitrogen and oxygen atoms in total. The second-order valence-electron chi connectivity index (χ2n) is 4.65. The second-order valence-corrected chi connectivity index (χ2v) is 4.65. The minimum absolute atomic E-state index is 0.0616. The molecule has 0 amide bonds. The van der Waals surface area contributed by atoms with Gasteiger partial charge >= 0.3 is 0 Å². The Morgan fingerprint density at radius 2 is 1.76 bits per heavy atom. The predicted octanol–water partition coefficient (Wildman–Crippen LogP) is 2.20. The van der Waals surface area contributed by atoms with Crippen molar-refractivity contribution in [3.05, 3.63) is 54.0 Å². The third-order valence-corrected chi connectivity index (χ3v) is 3.25. The Bertz CT molecular complexity index is 796. The molecular formula is C15H12N4O2. The van der Waals surface area contributed by atoms with Gasteiger partial charge in [-0.15, -0.1) is 0 Å². The van der Waals surface area contributed by atoms with Crippen molar-refractivity contribution in [3.8, 4) is 0 Å². The number of hydrogen-bond acceptors (Lipinski definition) is 5. The average molecular weight is 280 g/mol. The first kappa shape index (κ1) is 13.1. The van der Waals surface area contributed by atoms with Crippen molar-refractivity contribution in [1.82, 2.24) is 20.4 Å². The van der Waals surface area contributed by atoms with Crippen molar-refractivity contribution in [3.63, 3.8) is 0 Å². The number of aromatic amines is 1. The number of carbonyl (C=O) groups excluding carboxylic acids is 2. The Morgan fingerprint density at radius 3 is 2.52 bits per heavy atom. The van der Waals surface area contributed by atoms with Gasteiger partial charge in [-0.25, -0.2) is 0 Å². The van der Waals surface area contributed by atoms with E-state index in [0.29, 0.717) is 11.1 Å². The molecule has 0 aliphatic carbocycles. The molecule has 3 rings (SSSR count). The van der Waals surface area contributed by atoms with Crippen LogP contribution in [0.3, 0.4) is 0 Å². The summed E-state index contributed by atoms with van der Waals surface area (Å²) in [6.07, 6.45) is 4.87. The van der Waals surface area contributed by atoms with Crippen LogP contribution in [0.25, 0.3) is 10.9 Å². The third-order valence-electron chi connectivity index (χ3n) is 3.25. The van der Waals surface area contributed by atoms with Crippen LogP contribution in [-0.2, 0) is 0 Å². The van der Waals surface area contributed by atoms with Crippen molar-refractivity contribution < 1.29 is 9.59 Å². The van der Waals surface area contributed by atoms with E-state index in [1.165, 1.54) is 12.4 Å². The summed E-state index contributed by atoms with van der Waals surface area (Å²) in [5.41, 5.74) is 1.94. The van der Waals surface area contributed by atoms with Crippen LogP contribution in [-0.4, -0.2) is 32.0 Å². The molecule has 21 heavy (non-hydrogen) atoms. The highest BCUT2D eigenvalue weighted by Gasteiger charge is 2.12. The largest absolute Gasteiger partial charge is 0.294 e. The van der Waals surface area contributed by atoms with E-state index in [2.05, 4.69) is 20.4 Å². The molecule has 6 heteroatoms. The van der Waals surface area contributed by atoms with Gasteiger partial charge in [-0.2, -0.15) is 15.3 Å². The Balaban J connectivity index is 1.67. The van der Waals surface area contributed by atoms with Gasteiger partial charge in [-0.05, 0) is 24.3 Å². The fourth-order valence-electron chi connectivity index (χ4n) is 2.09. The first-order valence-electron chi connectivity index (χ1n) is 6.50. The number of carbonyl (C=O) groups is 2. The van der Waals surface area contributed by atoms with Crippen LogP contribution in [0.2, 0.25) is 0 Å². The number of aromatic nitrogens is 4. The van der Waals surface area contributed by atoms with E-state index in [1.807, 2.05) is 6.07 Å². The van der Waals surface area contributed by atoms with Crippen LogP contribution in [0.15, 0.2) is 42.9 Å². The summed E-state index contributed by atoms with van der Waals surface area (Å²) in [5, 5.41) is 14.9. The lowest BCUT2D eigenvalue weighted by Gasteiger charge is -2.01. The maximum Gasteiger partial charge on any atom is 0.164 e. The zero-order valence-electron chi connectivity index (χ0n) is 11.1. The lowest BCUT2D eigenvalue weighted by molar-refractivity contribution is 0.0917. The smallest absolute Gasteiger partial charge is 0.164 e. The molecule has 0 bridgehead atoms. The molecular weight excluding hydrogens is 268 g/mol. The van der Waals surface area contributed by atoms with Crippen LogP contribution in [0.4, 0.5) is 0 Å². The Hall–Kier alpha value is -2.89. The van der Waals surface area contributed by atoms with Crippen LogP contribution in [0.5, 0.6) is 0 Å². The molecule has 3 aromatic rings. The van der Waals surface area contributed by atoms with E-state index in [9.17, 15) is 9.59 Å². The molecule has 0 aliphatic heterocycles. The van der Waals surface area contributed by atoms with Gasteiger partial charge in [0, 0.05) is 29.4 Å². The van der Waals surface area contributed by atoms with E-state index >= 15 is 0 Å². The highest BCUT2D eigenvalue weighted by molar-refractivity contribution is 6.03. The van der Waals surface area contributed by atoms with E-state index in [-0.39, 0.29) is 24.4 Å². The molecule has 0 spiro atoms. The van der Waals surface area contributed by atoms with Crippen molar-refractivity contribution in [1.29, 1.82) is 0 Å². The highest BCUT2D eigenvalue weighted by atomic mass is 16.1. The van der Waals surface area contributed by atoms with Crippen LogP contribution >= 0.6 is 0 Å². The van der Waals surface area contributed by atoms with E-state index in [1.54, 1.807) is 24.4 Å². The Kier molecular flexibility index (Phi) is 3.51. The topological polar surface area (TPSA) is 88.6 Å². The first-order chi connectivity index (χ1) is 10.2. The number of Topliss-reactive ketones (excluding diaryl/α,β-unsaturated/α-hetero) is 2. The minimum Gasteiger partial charge on any atom is -0.294 e. The number of nitrogens with one attached hydrogen (secondary N) is 1. The molecule has 1 aromatic carbocycles. The number of nitrogens with zero attached hydrogens (tertiary/aromatic N) is 3. The minimum atomic E-state index is -0.109. The monoisotopic (exact) mass is 280 g/mol. The summed E-state index contributed by atoms with van der Waals surface area (Å²) in [5.74, 6) is -0.170. The Labute approximate surface area is 120 Å². The number of H-pyrrole nitrogens is 1. The van der Waals surface area contributed by atoms with Crippen molar-refractivity contribution >= 4 is 22.5 Å². The number of benzene rings is 1. The van der Waals surface area contributed by atoms with Gasteiger partial charge < -0.3 is 0 Å². The van der Waals surface area contributed by atoms with Crippen molar-refractivity contribution in [2.45, 2.75) is 12.8 Å². The SMILES string of the molecule is O=C(CCC(=O)c1ccc2[nH]ncc2c1)c1ccnnc1. The quantitative estimate of drug-likeness (QED) is 0.724. The number of ketones is 2. The predicted molar refractivity (Wildman–Crippen MR) is 76.0 cm³/mol. The molecule has 0 saturated carbocycles. The fourth-order valence-corrected chi connectivity index (χ4v) is 2.09. The molecule has 0 fully saturated rings. The molecule has 0 atom stereocenters. The van der Waals surface area contributed by atoms with Crippen molar-refractivity contribution in [2.75, 3.05) is 0 Å². The maximum atomic E-state index is 12.1. The van der Waals surface area contributed by atoms with Gasteiger partial charge in [0.15, 0.2) is 11.6 Å². The summed E-state index contributed by atoms with van der Waals surface area (Å²) in [7, 11) is 0. The van der Waals surface area contributed by atoms with E-state index in [0.717, 1.165) is 10.9 Å². The second kappa shape index (κ2) is 5.62. The first-order valence-corrected chi connectivity index (χ1v) is 6.50. The summed E-state index contributed by atoms with van der Waals surface area (Å²) in [4.78, 5) is 24.1. The lowest BCUT2D eigenvalue weighted by atomic mass is 10.0. The van der Waals surface area contributed by atoms with Gasteiger partial charge in [0.2, 0.25) is 0 Å². The van der Waals surface area contributed by atoms with Gasteiger partial charge in [0.1, 0.15) is 0 Å². The Morgan fingerprint density at radius 1 is 0.952 bits per heavy atom. The van der Waals surface area contributed by atoms with E-state index < -0.39 is 0 Å². The zero-order chi connectivity index (χ0) is 14.7. The maximum absolute atomic E-state index is 12.1. The lowest BCUT2D eigenvalue weighted by Crippen LogP contribution is -2.05. The van der Waals surface area contributed by atoms with Gasteiger partial charge in [-0.1, -0.05) is 0 Å². The summed E-state index contributed by atoms with van der Waals surface area (Å²) in [6, 6.07) is 6.92. The van der Waals surface area contributed by atoms with Crippen LogP contribution < -0.4 is 0 Å². The molecule has 0 saturated heterocycles. The molecule has 104 valence electrons. The molecule has 0 unspecified atom stereocenters. The van der Waals surface area contributed by atoms with Gasteiger partial charge in [0.25, 0.3) is 0 Å². The zero-order valence-corrected chi connectivity index (χ0v) is 11.1. The molecule has 2 aromatic heterocycles. The standard InChI is InChI=1S/C15H12N4O2/c20-14(3-4-15(21)11-5-6-16-17-8-11)10-1-2-13-12(7-10)9-18-19-13/h1-2,5-9H,3-4H2,(H,18,19). The fraction of sp³-hybridized carbons (Fsp3) is 0.133. The summed E-state index contributed by atoms with van der Waals surface area (Å²) >= 11 is 0. The highest BCUT2D eigenvalue weighted by Crippen LogP contribution is 2.15. The molecule has 0 aliphatic rings.